The number of halogens is 5. The quantitative estimate of drug-likeness (QED) is 0.520. The molecular formula is C15H6ClF4N3O3. The molecule has 0 spiro atoms. The van der Waals surface area contributed by atoms with E-state index in [1.165, 1.54) is 0 Å². The third kappa shape index (κ3) is 2.54. The standard InChI is InChI=1S/C15H6ClF4N3O3/c16-9-10(20)6(17)1-4-11(9)23(3-5(12(4)24)15(25)26)14-8(19)2-7(18)13(21)22-14/h1-3H,(H2,21,22)(H,25,26). The van der Waals surface area contributed by atoms with Gasteiger partial charge in [-0.15, -0.1) is 0 Å². The summed E-state index contributed by atoms with van der Waals surface area (Å²) in [6.07, 6.45) is 0.610. The van der Waals surface area contributed by atoms with E-state index in [2.05, 4.69) is 4.98 Å². The number of hydrogen-bond donors (Lipinski definition) is 2. The Hall–Kier alpha value is -3.14. The number of aromatic nitrogens is 2. The number of hydrogen-bond acceptors (Lipinski definition) is 4. The van der Waals surface area contributed by atoms with Crippen molar-refractivity contribution in [2.24, 2.45) is 0 Å². The summed E-state index contributed by atoms with van der Waals surface area (Å²) in [5.41, 5.74) is 2.64. The molecule has 3 rings (SSSR count). The maximum absolute atomic E-state index is 14.2. The Morgan fingerprint density at radius 2 is 1.81 bits per heavy atom. The number of nitrogen functional groups attached to an aromatic ring is 1. The number of fused-ring (bicyclic) bond motifs is 1. The zero-order valence-electron chi connectivity index (χ0n) is 12.4. The molecule has 0 fully saturated rings. The Bertz CT molecular complexity index is 1160. The fourth-order valence-corrected chi connectivity index (χ4v) is 2.63. The van der Waals surface area contributed by atoms with Crippen molar-refractivity contribution >= 4 is 34.3 Å². The average molecular weight is 388 g/mol. The highest BCUT2D eigenvalue weighted by molar-refractivity contribution is 6.35. The van der Waals surface area contributed by atoms with Gasteiger partial charge in [-0.1, -0.05) is 11.6 Å². The zero-order chi connectivity index (χ0) is 19.3. The van der Waals surface area contributed by atoms with Crippen LogP contribution >= 0.6 is 11.6 Å². The van der Waals surface area contributed by atoms with Gasteiger partial charge in [-0.3, -0.25) is 9.36 Å². The summed E-state index contributed by atoms with van der Waals surface area (Å²) in [6, 6.07) is 0.780. The molecule has 0 radical (unpaired) electrons. The van der Waals surface area contributed by atoms with E-state index in [9.17, 15) is 27.2 Å². The zero-order valence-corrected chi connectivity index (χ0v) is 13.1. The highest BCUT2D eigenvalue weighted by Crippen LogP contribution is 2.30. The SMILES string of the molecule is Nc1nc(-n2cc(C(=O)O)c(=O)c3cc(F)c(F)c(Cl)c32)c(F)cc1F. The molecule has 134 valence electrons. The molecule has 0 bridgehead atoms. The predicted octanol–water partition coefficient (Wildman–Crippen LogP) is 2.88. The van der Waals surface area contributed by atoms with E-state index in [1.54, 1.807) is 0 Å². The molecule has 1 aromatic carbocycles. The minimum absolute atomic E-state index is 0.357. The lowest BCUT2D eigenvalue weighted by Gasteiger charge is -2.14. The summed E-state index contributed by atoms with van der Waals surface area (Å²) in [5, 5.41) is 7.59. The fourth-order valence-electron chi connectivity index (χ4n) is 2.35. The molecule has 3 aromatic rings. The Morgan fingerprint density at radius 1 is 1.15 bits per heavy atom. The van der Waals surface area contributed by atoms with Crippen molar-refractivity contribution in [1.29, 1.82) is 0 Å². The first kappa shape index (κ1) is 17.7. The van der Waals surface area contributed by atoms with Gasteiger partial charge in [0.25, 0.3) is 0 Å². The van der Waals surface area contributed by atoms with Crippen LogP contribution in [0.15, 0.2) is 23.1 Å². The molecule has 0 aliphatic heterocycles. The van der Waals surface area contributed by atoms with Crippen molar-refractivity contribution < 1.29 is 27.5 Å². The summed E-state index contributed by atoms with van der Waals surface area (Å²) >= 11 is 5.74. The minimum Gasteiger partial charge on any atom is -0.477 e. The number of carboxylic acid groups (broad SMARTS) is 1. The van der Waals surface area contributed by atoms with E-state index in [1.807, 2.05) is 0 Å². The van der Waals surface area contributed by atoms with Gasteiger partial charge < -0.3 is 10.8 Å². The van der Waals surface area contributed by atoms with Crippen LogP contribution in [0.1, 0.15) is 10.4 Å². The molecule has 0 aliphatic rings. The summed E-state index contributed by atoms with van der Waals surface area (Å²) in [4.78, 5) is 27.0. The highest BCUT2D eigenvalue weighted by atomic mass is 35.5. The lowest BCUT2D eigenvalue weighted by Crippen LogP contribution is -2.20. The van der Waals surface area contributed by atoms with Crippen molar-refractivity contribution in [3.63, 3.8) is 0 Å². The van der Waals surface area contributed by atoms with Crippen molar-refractivity contribution in [2.45, 2.75) is 0 Å². The number of anilines is 1. The number of nitrogens with two attached hydrogens (primary N) is 1. The number of pyridine rings is 2. The lowest BCUT2D eigenvalue weighted by atomic mass is 10.1. The van der Waals surface area contributed by atoms with Gasteiger partial charge in [-0.25, -0.2) is 27.3 Å². The van der Waals surface area contributed by atoms with Crippen LogP contribution in [-0.4, -0.2) is 20.6 Å². The maximum atomic E-state index is 14.2. The van der Waals surface area contributed by atoms with Gasteiger partial charge in [-0.05, 0) is 6.07 Å². The Balaban J connectivity index is 2.59. The first-order valence-corrected chi connectivity index (χ1v) is 7.09. The van der Waals surface area contributed by atoms with Gasteiger partial charge >= 0.3 is 5.97 Å². The fraction of sp³-hybridized carbons (Fsp3) is 0. The average Bonchev–Trinajstić information content (AvgIpc) is 2.57. The first-order chi connectivity index (χ1) is 12.1. The lowest BCUT2D eigenvalue weighted by molar-refractivity contribution is 0.0695. The second-order valence-corrected chi connectivity index (χ2v) is 5.47. The number of rotatable bonds is 2. The summed E-state index contributed by atoms with van der Waals surface area (Å²) in [7, 11) is 0. The molecule has 0 unspecified atom stereocenters. The number of aromatic carboxylic acids is 1. The number of benzene rings is 1. The predicted molar refractivity (Wildman–Crippen MR) is 83.6 cm³/mol. The van der Waals surface area contributed by atoms with Crippen molar-refractivity contribution in [3.8, 4) is 5.82 Å². The van der Waals surface area contributed by atoms with E-state index in [-0.39, 0.29) is 0 Å². The summed E-state index contributed by atoms with van der Waals surface area (Å²) in [5.74, 6) is -8.79. The number of nitrogens with zero attached hydrogens (tertiary/aromatic N) is 2. The van der Waals surface area contributed by atoms with E-state index in [0.29, 0.717) is 22.9 Å². The summed E-state index contributed by atoms with van der Waals surface area (Å²) < 4.78 is 55.6. The van der Waals surface area contributed by atoms with Crippen LogP contribution in [0.2, 0.25) is 5.02 Å². The molecule has 0 atom stereocenters. The Kier molecular flexibility index (Phi) is 4.07. The third-order valence-corrected chi connectivity index (χ3v) is 3.87. The van der Waals surface area contributed by atoms with Gasteiger partial charge in [0.2, 0.25) is 5.43 Å². The van der Waals surface area contributed by atoms with Gasteiger partial charge in [0.1, 0.15) is 10.6 Å². The molecule has 26 heavy (non-hydrogen) atoms. The molecule has 3 N–H and O–H groups in total. The van der Waals surface area contributed by atoms with Crippen LogP contribution in [0.4, 0.5) is 23.4 Å². The van der Waals surface area contributed by atoms with E-state index >= 15 is 0 Å². The van der Waals surface area contributed by atoms with Crippen LogP contribution < -0.4 is 11.2 Å². The van der Waals surface area contributed by atoms with Crippen LogP contribution in [0, 0.1) is 23.3 Å². The number of carbonyl (C=O) groups is 1. The Morgan fingerprint density at radius 3 is 2.42 bits per heavy atom. The maximum Gasteiger partial charge on any atom is 0.341 e. The molecule has 0 saturated heterocycles. The second-order valence-electron chi connectivity index (χ2n) is 5.09. The van der Waals surface area contributed by atoms with Gasteiger partial charge in [-0.2, -0.15) is 0 Å². The molecule has 0 amide bonds. The molecular weight excluding hydrogens is 382 g/mol. The van der Waals surface area contributed by atoms with Crippen molar-refractivity contribution in [1.82, 2.24) is 9.55 Å². The van der Waals surface area contributed by atoms with E-state index < -0.39 is 67.8 Å². The molecule has 0 aliphatic carbocycles. The second kappa shape index (κ2) is 5.99. The Labute approximate surface area is 146 Å². The first-order valence-electron chi connectivity index (χ1n) is 6.71. The van der Waals surface area contributed by atoms with E-state index in [4.69, 9.17) is 22.4 Å². The molecule has 11 heteroatoms. The van der Waals surface area contributed by atoms with Gasteiger partial charge in [0, 0.05) is 12.3 Å². The minimum atomic E-state index is -1.72. The molecule has 2 heterocycles. The van der Waals surface area contributed by atoms with Gasteiger partial charge in [0.15, 0.2) is 34.9 Å². The summed E-state index contributed by atoms with van der Waals surface area (Å²) in [6.45, 7) is 0. The topological polar surface area (TPSA) is 98.2 Å². The third-order valence-electron chi connectivity index (χ3n) is 3.52. The van der Waals surface area contributed by atoms with Gasteiger partial charge in [0.05, 0.1) is 10.9 Å². The van der Waals surface area contributed by atoms with E-state index in [0.717, 1.165) is 0 Å². The van der Waals surface area contributed by atoms with Crippen LogP contribution in [0.25, 0.3) is 16.7 Å². The molecule has 6 nitrogen and oxygen atoms in total. The smallest absolute Gasteiger partial charge is 0.341 e. The largest absolute Gasteiger partial charge is 0.477 e. The normalized spacial score (nSPS) is 11.1. The van der Waals surface area contributed by atoms with Crippen molar-refractivity contribution in [2.75, 3.05) is 5.73 Å². The van der Waals surface area contributed by atoms with Crippen LogP contribution in [0.5, 0.6) is 0 Å². The monoisotopic (exact) mass is 387 g/mol. The van der Waals surface area contributed by atoms with Crippen molar-refractivity contribution in [3.05, 3.63) is 62.4 Å². The highest BCUT2D eigenvalue weighted by Gasteiger charge is 2.24. The molecule has 0 saturated carbocycles. The number of carboxylic acids is 1. The molecule has 2 aromatic heterocycles. The van der Waals surface area contributed by atoms with Crippen LogP contribution in [-0.2, 0) is 0 Å². The van der Waals surface area contributed by atoms with Crippen LogP contribution in [0.3, 0.4) is 0 Å².